The lowest BCUT2D eigenvalue weighted by Gasteiger charge is -2.12. The number of fused-ring (bicyclic) bond motifs is 1. The fourth-order valence-electron chi connectivity index (χ4n) is 1.42. The topological polar surface area (TPSA) is 90.1 Å². The van der Waals surface area contributed by atoms with Gasteiger partial charge in [0.05, 0.1) is 12.5 Å². The maximum absolute atomic E-state index is 11.3. The molecule has 1 unspecified atom stereocenters. The highest BCUT2D eigenvalue weighted by atomic mass is 32.1. The quantitative estimate of drug-likeness (QED) is 0.799. The van der Waals surface area contributed by atoms with Crippen LogP contribution in [0.2, 0.25) is 0 Å². The molecule has 17 heavy (non-hydrogen) atoms. The Morgan fingerprint density at radius 3 is 3.06 bits per heavy atom. The molecule has 1 atom stereocenters. The van der Waals surface area contributed by atoms with Gasteiger partial charge in [-0.05, 0) is 18.4 Å². The molecule has 3 N–H and O–H groups in total. The number of aromatic nitrogens is 2. The lowest BCUT2D eigenvalue weighted by molar-refractivity contribution is -0.141. The van der Waals surface area contributed by atoms with Crippen LogP contribution in [-0.2, 0) is 9.53 Å². The molecule has 7 heteroatoms. The number of nitrogens with zero attached hydrogens (tertiary/aromatic N) is 2. The summed E-state index contributed by atoms with van der Waals surface area (Å²) in [6.07, 6.45) is 0. The number of ether oxygens (including phenoxy) is 1. The molecular weight excluding hydrogens is 240 g/mol. The second-order valence-corrected chi connectivity index (χ2v) is 4.35. The summed E-state index contributed by atoms with van der Waals surface area (Å²) in [7, 11) is 1.34. The summed E-state index contributed by atoms with van der Waals surface area (Å²) in [6.45, 7) is 1.70. The summed E-state index contributed by atoms with van der Waals surface area (Å²) in [4.78, 5) is 20.3. The predicted molar refractivity (Wildman–Crippen MR) is 66.9 cm³/mol. The molecule has 2 heterocycles. The summed E-state index contributed by atoms with van der Waals surface area (Å²) >= 11 is 1.47. The Bertz CT molecular complexity index is 554. The van der Waals surface area contributed by atoms with Gasteiger partial charge < -0.3 is 15.8 Å². The molecule has 6 nitrogen and oxygen atoms in total. The van der Waals surface area contributed by atoms with Crippen molar-refractivity contribution in [3.63, 3.8) is 0 Å². The van der Waals surface area contributed by atoms with Gasteiger partial charge in [0.2, 0.25) is 5.95 Å². The number of thiophene rings is 1. The number of hydrogen-bond donors (Lipinski definition) is 2. The van der Waals surface area contributed by atoms with Gasteiger partial charge in [-0.15, -0.1) is 11.3 Å². The first-order valence-corrected chi connectivity index (χ1v) is 5.85. The van der Waals surface area contributed by atoms with Gasteiger partial charge in [-0.3, -0.25) is 0 Å². The number of hydrogen-bond acceptors (Lipinski definition) is 7. The maximum atomic E-state index is 11.3. The first-order valence-electron chi connectivity index (χ1n) is 4.97. The second-order valence-electron chi connectivity index (χ2n) is 3.46. The molecule has 0 amide bonds. The van der Waals surface area contributed by atoms with Crippen LogP contribution in [0.5, 0.6) is 0 Å². The normalized spacial score (nSPS) is 12.4. The molecule has 0 saturated heterocycles. The lowest BCUT2D eigenvalue weighted by atomic mass is 10.3. The summed E-state index contributed by atoms with van der Waals surface area (Å²) in [5.74, 6) is 0.372. The van der Waals surface area contributed by atoms with Crippen LogP contribution in [0.4, 0.5) is 11.8 Å². The largest absolute Gasteiger partial charge is 0.467 e. The first kappa shape index (κ1) is 11.6. The minimum Gasteiger partial charge on any atom is -0.467 e. The number of carbonyl (C=O) groups excluding carboxylic acids is 1. The molecule has 2 rings (SSSR count). The number of nitrogens with one attached hydrogen (secondary N) is 1. The smallest absolute Gasteiger partial charge is 0.328 e. The monoisotopic (exact) mass is 252 g/mol. The molecule has 90 valence electrons. The van der Waals surface area contributed by atoms with E-state index in [-0.39, 0.29) is 11.9 Å². The zero-order valence-corrected chi connectivity index (χ0v) is 10.2. The van der Waals surface area contributed by atoms with Crippen LogP contribution in [0, 0.1) is 0 Å². The second kappa shape index (κ2) is 4.54. The minimum absolute atomic E-state index is 0.180. The van der Waals surface area contributed by atoms with Crippen LogP contribution >= 0.6 is 11.3 Å². The van der Waals surface area contributed by atoms with Crippen LogP contribution in [0.15, 0.2) is 11.4 Å². The van der Waals surface area contributed by atoms with Crippen LogP contribution < -0.4 is 11.1 Å². The average molecular weight is 252 g/mol. The lowest BCUT2D eigenvalue weighted by Crippen LogP contribution is -2.27. The van der Waals surface area contributed by atoms with Crippen LogP contribution in [0.1, 0.15) is 6.92 Å². The highest BCUT2D eigenvalue weighted by molar-refractivity contribution is 7.16. The molecule has 0 aliphatic rings. The number of rotatable bonds is 3. The van der Waals surface area contributed by atoms with Crippen molar-refractivity contribution >= 4 is 39.3 Å². The van der Waals surface area contributed by atoms with Gasteiger partial charge in [0.15, 0.2) is 0 Å². The highest BCUT2D eigenvalue weighted by Gasteiger charge is 2.15. The fourth-order valence-corrected chi connectivity index (χ4v) is 2.19. The Balaban J connectivity index is 2.34. The SMILES string of the molecule is COC(=O)C(C)Nc1nc(N)nc2sccc12. The van der Waals surface area contributed by atoms with E-state index < -0.39 is 6.04 Å². The molecule has 0 spiro atoms. The molecule has 0 bridgehead atoms. The van der Waals surface area contributed by atoms with E-state index >= 15 is 0 Å². The number of nitrogen functional groups attached to an aromatic ring is 1. The number of carbonyl (C=O) groups is 1. The van der Waals surface area contributed by atoms with Crippen molar-refractivity contribution in [2.75, 3.05) is 18.2 Å². The summed E-state index contributed by atoms with van der Waals surface area (Å²) < 4.78 is 4.63. The Labute approximate surface area is 102 Å². The molecule has 0 aliphatic carbocycles. The van der Waals surface area contributed by atoms with Crippen LogP contribution in [0.3, 0.4) is 0 Å². The van der Waals surface area contributed by atoms with Crippen molar-refractivity contribution < 1.29 is 9.53 Å². The van der Waals surface area contributed by atoms with Gasteiger partial charge in [-0.1, -0.05) is 0 Å². The van der Waals surface area contributed by atoms with Gasteiger partial charge in [0.1, 0.15) is 16.7 Å². The van der Waals surface area contributed by atoms with Crippen molar-refractivity contribution in [3.8, 4) is 0 Å². The first-order chi connectivity index (χ1) is 8.11. The molecule has 2 aromatic rings. The third-order valence-electron chi connectivity index (χ3n) is 2.25. The number of methoxy groups -OCH3 is 1. The van der Waals surface area contributed by atoms with Gasteiger partial charge in [-0.25, -0.2) is 9.78 Å². The predicted octanol–water partition coefficient (Wildman–Crippen LogP) is 1.25. The third kappa shape index (κ3) is 2.28. The molecule has 0 aromatic carbocycles. The summed E-state index contributed by atoms with van der Waals surface area (Å²) in [5.41, 5.74) is 5.60. The molecule has 0 aliphatic heterocycles. The van der Waals surface area contributed by atoms with Crippen molar-refractivity contribution in [2.45, 2.75) is 13.0 Å². The van der Waals surface area contributed by atoms with Crippen molar-refractivity contribution in [3.05, 3.63) is 11.4 Å². The fraction of sp³-hybridized carbons (Fsp3) is 0.300. The van der Waals surface area contributed by atoms with Gasteiger partial charge in [0, 0.05) is 0 Å². The highest BCUT2D eigenvalue weighted by Crippen LogP contribution is 2.26. The molecular formula is C10H12N4O2S. The zero-order valence-electron chi connectivity index (χ0n) is 9.43. The zero-order chi connectivity index (χ0) is 12.4. The van der Waals surface area contributed by atoms with E-state index in [2.05, 4.69) is 20.0 Å². The number of nitrogens with two attached hydrogens (primary N) is 1. The van der Waals surface area contributed by atoms with Gasteiger partial charge in [0.25, 0.3) is 0 Å². The molecule has 0 saturated carbocycles. The van der Waals surface area contributed by atoms with E-state index in [1.807, 2.05) is 11.4 Å². The summed E-state index contributed by atoms with van der Waals surface area (Å²) in [5, 5.41) is 5.71. The Morgan fingerprint density at radius 1 is 1.59 bits per heavy atom. The van der Waals surface area contributed by atoms with E-state index in [4.69, 9.17) is 5.73 Å². The van der Waals surface area contributed by atoms with Crippen molar-refractivity contribution in [2.24, 2.45) is 0 Å². The van der Waals surface area contributed by atoms with Crippen LogP contribution in [-0.4, -0.2) is 29.1 Å². The van der Waals surface area contributed by atoms with Gasteiger partial charge in [-0.2, -0.15) is 4.98 Å². The third-order valence-corrected chi connectivity index (χ3v) is 3.06. The van der Waals surface area contributed by atoms with E-state index in [0.29, 0.717) is 5.82 Å². The molecule has 0 radical (unpaired) electrons. The van der Waals surface area contributed by atoms with Crippen LogP contribution in [0.25, 0.3) is 10.2 Å². The number of anilines is 2. The Morgan fingerprint density at radius 2 is 2.35 bits per heavy atom. The van der Waals surface area contributed by atoms with Crippen molar-refractivity contribution in [1.82, 2.24) is 9.97 Å². The minimum atomic E-state index is -0.489. The number of esters is 1. The molecule has 2 aromatic heterocycles. The van der Waals surface area contributed by atoms with E-state index in [9.17, 15) is 4.79 Å². The maximum Gasteiger partial charge on any atom is 0.328 e. The Hall–Kier alpha value is -1.89. The Kier molecular flexibility index (Phi) is 3.10. The summed E-state index contributed by atoms with van der Waals surface area (Å²) in [6, 6.07) is 1.39. The standard InChI is InChI=1S/C10H12N4O2S/c1-5(9(15)16-2)12-7-6-3-4-17-8(6)14-10(11)13-7/h3-5H,1-2H3,(H3,11,12,13,14). The van der Waals surface area contributed by atoms with Crippen molar-refractivity contribution in [1.29, 1.82) is 0 Å². The van der Waals surface area contributed by atoms with Gasteiger partial charge >= 0.3 is 5.97 Å². The van der Waals surface area contributed by atoms with E-state index in [0.717, 1.165) is 10.2 Å². The van der Waals surface area contributed by atoms with E-state index in [1.165, 1.54) is 18.4 Å². The average Bonchev–Trinajstić information content (AvgIpc) is 2.75. The molecule has 0 fully saturated rings. The van der Waals surface area contributed by atoms with E-state index in [1.54, 1.807) is 6.92 Å².